The molecule has 1 N–H and O–H groups in total. The summed E-state index contributed by atoms with van der Waals surface area (Å²) in [5, 5.41) is 9.06. The number of benzene rings is 1. The molecule has 0 heterocycles. The van der Waals surface area contributed by atoms with Crippen LogP contribution >= 0.6 is 15.9 Å². The fourth-order valence-corrected chi connectivity index (χ4v) is 1.56. The maximum Gasteiger partial charge on any atom is 0.377 e. The van der Waals surface area contributed by atoms with Gasteiger partial charge in [-0.05, 0) is 18.2 Å². The smallest absolute Gasteiger partial charge is 0.377 e. The van der Waals surface area contributed by atoms with Crippen molar-refractivity contribution in [1.82, 2.24) is 0 Å². The minimum absolute atomic E-state index is 0.00407. The first-order valence-electron chi connectivity index (χ1n) is 5.01. The zero-order valence-electron chi connectivity index (χ0n) is 10.2. The predicted octanol–water partition coefficient (Wildman–Crippen LogP) is 2.19. The van der Waals surface area contributed by atoms with Gasteiger partial charge in [0.05, 0.1) is 14.2 Å². The van der Waals surface area contributed by atoms with Crippen molar-refractivity contribution >= 4 is 27.9 Å². The van der Waals surface area contributed by atoms with Crippen molar-refractivity contribution in [3.05, 3.63) is 40.3 Å². The summed E-state index contributed by atoms with van der Waals surface area (Å²) in [7, 11) is 2.50. The maximum atomic E-state index is 11.4. The molecule has 0 aromatic heterocycles. The summed E-state index contributed by atoms with van der Waals surface area (Å²) in [6, 6.07) is 4.36. The number of methoxy groups -OCH3 is 2. The van der Waals surface area contributed by atoms with Crippen molar-refractivity contribution in [3.8, 4) is 5.75 Å². The molecule has 0 spiro atoms. The minimum atomic E-state index is -1.18. The lowest BCUT2D eigenvalue weighted by Gasteiger charge is -2.10. The fourth-order valence-electron chi connectivity index (χ4n) is 1.20. The molecule has 0 saturated carbocycles. The number of halogens is 1. The highest BCUT2D eigenvalue weighted by Crippen LogP contribution is 2.25. The second-order valence-corrected chi connectivity index (χ2v) is 4.17. The average molecular weight is 331 g/mol. The Morgan fingerprint density at radius 2 is 2.00 bits per heavy atom. The number of rotatable bonds is 5. The summed E-state index contributed by atoms with van der Waals surface area (Å²) in [6.07, 6.45) is 1.03. The van der Waals surface area contributed by atoms with E-state index in [2.05, 4.69) is 25.4 Å². The highest BCUT2D eigenvalue weighted by Gasteiger charge is 2.18. The van der Waals surface area contributed by atoms with Crippen LogP contribution < -0.4 is 4.74 Å². The van der Waals surface area contributed by atoms with Crippen LogP contribution in [0.2, 0.25) is 0 Å². The van der Waals surface area contributed by atoms with Gasteiger partial charge in [0.15, 0.2) is 0 Å². The van der Waals surface area contributed by atoms with Gasteiger partial charge >= 0.3 is 11.9 Å². The molecule has 0 radical (unpaired) electrons. The summed E-state index contributed by atoms with van der Waals surface area (Å²) in [5.41, 5.74) is -0.0970. The molecule has 1 rings (SSSR count). The van der Waals surface area contributed by atoms with Crippen LogP contribution in [-0.2, 0) is 14.3 Å². The molecule has 0 unspecified atom stereocenters. The third kappa shape index (κ3) is 3.99. The summed E-state index contributed by atoms with van der Waals surface area (Å²) in [4.78, 5) is 22.5. The molecule has 0 amide bonds. The summed E-state index contributed by atoms with van der Waals surface area (Å²) in [5.74, 6) is -2.21. The highest BCUT2D eigenvalue weighted by molar-refractivity contribution is 9.10. The van der Waals surface area contributed by atoms with Crippen molar-refractivity contribution in [1.29, 1.82) is 0 Å². The van der Waals surface area contributed by atoms with Gasteiger partial charge in [0.1, 0.15) is 17.6 Å². The molecule has 0 aliphatic heterocycles. The van der Waals surface area contributed by atoms with Gasteiger partial charge in [0.2, 0.25) is 5.76 Å². The largest absolute Gasteiger partial charge is 0.500 e. The van der Waals surface area contributed by atoms with E-state index in [1.54, 1.807) is 6.07 Å². The molecule has 0 aliphatic carbocycles. The Labute approximate surface area is 117 Å². The van der Waals surface area contributed by atoms with Gasteiger partial charge in [0.25, 0.3) is 0 Å². The third-order valence-corrected chi connectivity index (χ3v) is 2.50. The Hall–Kier alpha value is -2.02. The molecule has 0 atom stereocenters. The molecule has 102 valence electrons. The number of carbonyl (C=O) groups excluding carboxylic acids is 1. The lowest BCUT2D eigenvalue weighted by Crippen LogP contribution is -2.13. The lowest BCUT2D eigenvalue weighted by molar-refractivity contribution is -0.138. The number of hydrogen-bond donors (Lipinski definition) is 1. The van der Waals surface area contributed by atoms with Crippen molar-refractivity contribution in [2.45, 2.75) is 0 Å². The van der Waals surface area contributed by atoms with E-state index in [1.165, 1.54) is 26.4 Å². The van der Waals surface area contributed by atoms with Crippen LogP contribution in [0.1, 0.15) is 10.4 Å². The first-order chi connectivity index (χ1) is 8.99. The van der Waals surface area contributed by atoms with Crippen molar-refractivity contribution in [2.24, 2.45) is 0 Å². The molecule has 0 fully saturated rings. The van der Waals surface area contributed by atoms with Gasteiger partial charge < -0.3 is 19.3 Å². The molecule has 7 heteroatoms. The number of carboxylic acids is 1. The summed E-state index contributed by atoms with van der Waals surface area (Å²) >= 11 is 3.15. The number of esters is 1. The van der Waals surface area contributed by atoms with E-state index in [0.717, 1.165) is 6.26 Å². The standard InChI is InChI=1S/C12H11BrO6/c1-17-6-10(12(16)18-2)19-9-4-3-7(13)5-8(9)11(14)15/h3-6H,1-2H3,(H,14,15). The van der Waals surface area contributed by atoms with E-state index in [9.17, 15) is 9.59 Å². The predicted molar refractivity (Wildman–Crippen MR) is 68.8 cm³/mol. The first kappa shape index (κ1) is 15.0. The Bertz CT molecular complexity index is 523. The quantitative estimate of drug-likeness (QED) is 0.506. The molecule has 0 bridgehead atoms. The fraction of sp³-hybridized carbons (Fsp3) is 0.167. The number of carbonyl (C=O) groups is 2. The third-order valence-electron chi connectivity index (χ3n) is 2.00. The van der Waals surface area contributed by atoms with Crippen LogP contribution in [0.4, 0.5) is 0 Å². The Kier molecular flexibility index (Phi) is 5.37. The van der Waals surface area contributed by atoms with Gasteiger partial charge in [-0.15, -0.1) is 0 Å². The number of ether oxygens (including phenoxy) is 3. The molecule has 0 saturated heterocycles. The molecule has 19 heavy (non-hydrogen) atoms. The van der Waals surface area contributed by atoms with E-state index in [-0.39, 0.29) is 17.1 Å². The molecular weight excluding hydrogens is 320 g/mol. The zero-order chi connectivity index (χ0) is 14.4. The molecule has 6 nitrogen and oxygen atoms in total. The van der Waals surface area contributed by atoms with Gasteiger partial charge in [0, 0.05) is 4.47 Å². The van der Waals surface area contributed by atoms with Crippen molar-refractivity contribution < 1.29 is 28.9 Å². The molecular formula is C12H11BrO6. The van der Waals surface area contributed by atoms with Crippen LogP contribution in [-0.4, -0.2) is 31.3 Å². The monoisotopic (exact) mass is 330 g/mol. The number of hydrogen-bond acceptors (Lipinski definition) is 5. The van der Waals surface area contributed by atoms with Gasteiger partial charge in [-0.1, -0.05) is 15.9 Å². The average Bonchev–Trinajstić information content (AvgIpc) is 2.38. The van der Waals surface area contributed by atoms with Crippen LogP contribution in [0, 0.1) is 0 Å². The second-order valence-electron chi connectivity index (χ2n) is 3.26. The van der Waals surface area contributed by atoms with Crippen molar-refractivity contribution in [3.63, 3.8) is 0 Å². The van der Waals surface area contributed by atoms with Crippen LogP contribution in [0.25, 0.3) is 0 Å². The number of aromatic carboxylic acids is 1. The van der Waals surface area contributed by atoms with Crippen molar-refractivity contribution in [2.75, 3.05) is 14.2 Å². The SMILES string of the molecule is COC=C(Oc1ccc(Br)cc1C(=O)O)C(=O)OC. The lowest BCUT2D eigenvalue weighted by atomic mass is 10.2. The van der Waals surface area contributed by atoms with E-state index >= 15 is 0 Å². The van der Waals surface area contributed by atoms with Crippen LogP contribution in [0.15, 0.2) is 34.7 Å². The second kappa shape index (κ2) is 6.79. The van der Waals surface area contributed by atoms with Gasteiger partial charge in [-0.25, -0.2) is 9.59 Å². The number of carboxylic acid groups (broad SMARTS) is 1. The Morgan fingerprint density at radius 3 is 2.53 bits per heavy atom. The van der Waals surface area contributed by atoms with E-state index in [0.29, 0.717) is 4.47 Å². The summed E-state index contributed by atoms with van der Waals surface area (Å²) < 4.78 is 15.0. The first-order valence-corrected chi connectivity index (χ1v) is 5.81. The molecule has 1 aromatic carbocycles. The van der Waals surface area contributed by atoms with E-state index in [4.69, 9.17) is 9.84 Å². The maximum absolute atomic E-state index is 11.4. The van der Waals surface area contributed by atoms with Crippen LogP contribution in [0.3, 0.4) is 0 Å². The Balaban J connectivity index is 3.13. The topological polar surface area (TPSA) is 82.1 Å². The minimum Gasteiger partial charge on any atom is -0.500 e. The molecule has 0 aliphatic rings. The highest BCUT2D eigenvalue weighted by atomic mass is 79.9. The summed E-state index contributed by atoms with van der Waals surface area (Å²) in [6.45, 7) is 0. The zero-order valence-corrected chi connectivity index (χ0v) is 11.8. The Morgan fingerprint density at radius 1 is 1.32 bits per heavy atom. The van der Waals surface area contributed by atoms with Gasteiger partial charge in [-0.3, -0.25) is 0 Å². The molecule has 1 aromatic rings. The van der Waals surface area contributed by atoms with E-state index in [1.807, 2.05) is 0 Å². The van der Waals surface area contributed by atoms with Gasteiger partial charge in [-0.2, -0.15) is 0 Å². The van der Waals surface area contributed by atoms with Crippen LogP contribution in [0.5, 0.6) is 5.75 Å². The normalized spacial score (nSPS) is 10.8. The van der Waals surface area contributed by atoms with E-state index < -0.39 is 11.9 Å².